The van der Waals surface area contributed by atoms with Crippen molar-refractivity contribution in [1.82, 2.24) is 9.97 Å². The van der Waals surface area contributed by atoms with Crippen LogP contribution < -0.4 is 5.73 Å². The molecule has 0 unspecified atom stereocenters. The Labute approximate surface area is 99.1 Å². The summed E-state index contributed by atoms with van der Waals surface area (Å²) in [6.07, 6.45) is 0.0319. The summed E-state index contributed by atoms with van der Waals surface area (Å²) < 4.78 is 31.7. The van der Waals surface area contributed by atoms with Crippen molar-refractivity contribution in [3.05, 3.63) is 30.7 Å². The highest BCUT2D eigenvalue weighted by Crippen LogP contribution is 2.15. The molecular weight excluding hydrogens is 251 g/mol. The molecule has 0 aromatic carbocycles. The quantitative estimate of drug-likeness (QED) is 0.753. The number of carboxylic acid groups (broad SMARTS) is 1. The molecule has 0 atom stereocenters. The van der Waals surface area contributed by atoms with Crippen molar-refractivity contribution in [2.24, 2.45) is 0 Å². The van der Waals surface area contributed by atoms with Crippen molar-refractivity contribution in [2.45, 2.75) is 6.18 Å². The molecule has 0 aliphatic rings. The Morgan fingerprint density at radius 3 is 2.39 bits per heavy atom. The van der Waals surface area contributed by atoms with Gasteiger partial charge in [-0.15, -0.1) is 0 Å². The fraction of sp³-hybridized carbons (Fsp3) is 0.100. The Bertz CT molecular complexity index is 552. The fourth-order valence-electron chi connectivity index (χ4n) is 1.01. The molecule has 0 radical (unpaired) electrons. The molecule has 8 heteroatoms. The first-order chi connectivity index (χ1) is 8.32. The van der Waals surface area contributed by atoms with Gasteiger partial charge >= 0.3 is 12.1 Å². The summed E-state index contributed by atoms with van der Waals surface area (Å²) in [5, 5.41) is 8.04. The zero-order valence-electron chi connectivity index (χ0n) is 8.85. The van der Waals surface area contributed by atoms with Gasteiger partial charge in [0.25, 0.3) is 0 Å². The van der Waals surface area contributed by atoms with Gasteiger partial charge in [-0.25, -0.2) is 4.79 Å². The number of carboxylic acids is 1. The Hall–Kier alpha value is -2.38. The number of fused-ring (bicyclic) bond motifs is 1. The molecule has 3 N–H and O–H groups in total. The third-order valence-corrected chi connectivity index (χ3v) is 1.82. The molecule has 2 aromatic heterocycles. The van der Waals surface area contributed by atoms with E-state index in [2.05, 4.69) is 9.97 Å². The van der Waals surface area contributed by atoms with Crippen molar-refractivity contribution >= 4 is 22.6 Å². The Balaban J connectivity index is 0.000000203. The normalized spacial score (nSPS) is 10.6. The highest BCUT2D eigenvalue weighted by atomic mass is 19.4. The highest BCUT2D eigenvalue weighted by Gasteiger charge is 2.38. The number of carbonyl (C=O) groups is 1. The van der Waals surface area contributed by atoms with Crippen LogP contribution in [0.4, 0.5) is 18.9 Å². The standard InChI is InChI=1S/C8H7N3.C2HF3O2/c9-7-1-4-11-8-2-3-10-5-6(7)8;3-2(4,5)1(6)7/h1-5H,(H2,9,11);(H,6,7). The van der Waals surface area contributed by atoms with Gasteiger partial charge in [0, 0.05) is 29.7 Å². The van der Waals surface area contributed by atoms with Crippen LogP contribution in [0.5, 0.6) is 0 Å². The molecule has 0 saturated heterocycles. The van der Waals surface area contributed by atoms with Gasteiger partial charge < -0.3 is 10.8 Å². The van der Waals surface area contributed by atoms with Gasteiger partial charge in [0.05, 0.1) is 5.52 Å². The van der Waals surface area contributed by atoms with Gasteiger partial charge in [0.15, 0.2) is 0 Å². The molecule has 0 aliphatic heterocycles. The van der Waals surface area contributed by atoms with E-state index in [-0.39, 0.29) is 0 Å². The SMILES string of the molecule is Nc1ccnc2ccncc12.O=C(O)C(F)(F)F. The van der Waals surface area contributed by atoms with E-state index in [1.807, 2.05) is 6.07 Å². The van der Waals surface area contributed by atoms with E-state index in [1.54, 1.807) is 24.7 Å². The molecule has 0 aliphatic carbocycles. The second-order valence-corrected chi connectivity index (χ2v) is 3.10. The number of anilines is 1. The lowest BCUT2D eigenvalue weighted by Gasteiger charge is -1.97. The predicted molar refractivity (Wildman–Crippen MR) is 57.6 cm³/mol. The molecule has 2 rings (SSSR count). The summed E-state index contributed by atoms with van der Waals surface area (Å²) in [6, 6.07) is 3.61. The minimum atomic E-state index is -5.08. The maximum atomic E-state index is 10.6. The number of hydrogen-bond acceptors (Lipinski definition) is 4. The maximum Gasteiger partial charge on any atom is 0.490 e. The average molecular weight is 259 g/mol. The Morgan fingerprint density at radius 2 is 1.89 bits per heavy atom. The van der Waals surface area contributed by atoms with E-state index in [9.17, 15) is 13.2 Å². The second kappa shape index (κ2) is 5.30. The number of pyridine rings is 2. The van der Waals surface area contributed by atoms with E-state index >= 15 is 0 Å². The van der Waals surface area contributed by atoms with E-state index in [0.717, 1.165) is 16.6 Å². The van der Waals surface area contributed by atoms with Crippen LogP contribution in [0.15, 0.2) is 30.7 Å². The predicted octanol–water partition coefficient (Wildman–Crippen LogP) is 1.85. The smallest absolute Gasteiger partial charge is 0.475 e. The molecule has 96 valence electrons. The summed E-state index contributed by atoms with van der Waals surface area (Å²) >= 11 is 0. The van der Waals surface area contributed by atoms with Crippen LogP contribution >= 0.6 is 0 Å². The molecule has 5 nitrogen and oxygen atoms in total. The van der Waals surface area contributed by atoms with E-state index in [4.69, 9.17) is 15.6 Å². The monoisotopic (exact) mass is 259 g/mol. The van der Waals surface area contributed by atoms with Gasteiger partial charge in [0.1, 0.15) is 0 Å². The van der Waals surface area contributed by atoms with Gasteiger partial charge in [-0.3, -0.25) is 9.97 Å². The molecule has 0 spiro atoms. The molecule has 18 heavy (non-hydrogen) atoms. The van der Waals surface area contributed by atoms with Crippen LogP contribution in [0, 0.1) is 0 Å². The number of nitrogens with zero attached hydrogens (tertiary/aromatic N) is 2. The number of aliphatic carboxylic acids is 1. The largest absolute Gasteiger partial charge is 0.490 e. The zero-order chi connectivity index (χ0) is 13.8. The van der Waals surface area contributed by atoms with E-state index < -0.39 is 12.1 Å². The van der Waals surface area contributed by atoms with Crippen LogP contribution in [-0.4, -0.2) is 27.2 Å². The van der Waals surface area contributed by atoms with Crippen LogP contribution in [0.1, 0.15) is 0 Å². The molecule has 0 amide bonds. The van der Waals surface area contributed by atoms with Crippen LogP contribution in [0.2, 0.25) is 0 Å². The first kappa shape index (κ1) is 13.7. The third kappa shape index (κ3) is 3.58. The topological polar surface area (TPSA) is 89.1 Å². The van der Waals surface area contributed by atoms with Crippen molar-refractivity contribution in [2.75, 3.05) is 5.73 Å². The van der Waals surface area contributed by atoms with Gasteiger partial charge in [-0.1, -0.05) is 0 Å². The van der Waals surface area contributed by atoms with E-state index in [0.29, 0.717) is 0 Å². The fourth-order valence-corrected chi connectivity index (χ4v) is 1.01. The van der Waals surface area contributed by atoms with Gasteiger partial charge in [-0.2, -0.15) is 13.2 Å². The Morgan fingerprint density at radius 1 is 1.28 bits per heavy atom. The number of nitrogen functional groups attached to an aromatic ring is 1. The van der Waals surface area contributed by atoms with Crippen LogP contribution in [0.25, 0.3) is 10.9 Å². The van der Waals surface area contributed by atoms with Crippen molar-refractivity contribution < 1.29 is 23.1 Å². The lowest BCUT2D eigenvalue weighted by atomic mass is 10.2. The minimum absolute atomic E-state index is 0.725. The minimum Gasteiger partial charge on any atom is -0.475 e. The summed E-state index contributed by atoms with van der Waals surface area (Å²) in [4.78, 5) is 17.0. The number of nitrogens with two attached hydrogens (primary N) is 1. The van der Waals surface area contributed by atoms with Crippen LogP contribution in [-0.2, 0) is 4.79 Å². The highest BCUT2D eigenvalue weighted by molar-refractivity contribution is 5.88. The van der Waals surface area contributed by atoms with Crippen LogP contribution in [0.3, 0.4) is 0 Å². The lowest BCUT2D eigenvalue weighted by molar-refractivity contribution is -0.192. The number of hydrogen-bond donors (Lipinski definition) is 2. The summed E-state index contributed by atoms with van der Waals surface area (Å²) in [7, 11) is 0. The third-order valence-electron chi connectivity index (χ3n) is 1.82. The molecular formula is C10H8F3N3O2. The number of aromatic nitrogens is 2. The second-order valence-electron chi connectivity index (χ2n) is 3.10. The summed E-state index contributed by atoms with van der Waals surface area (Å²) in [6.45, 7) is 0. The molecule has 0 saturated carbocycles. The molecule has 2 heterocycles. The van der Waals surface area contributed by atoms with Gasteiger partial charge in [-0.05, 0) is 12.1 Å². The van der Waals surface area contributed by atoms with Gasteiger partial charge in [0.2, 0.25) is 0 Å². The number of alkyl halides is 3. The maximum absolute atomic E-state index is 10.6. The summed E-state index contributed by atoms with van der Waals surface area (Å²) in [5.74, 6) is -2.76. The number of rotatable bonds is 0. The lowest BCUT2D eigenvalue weighted by Crippen LogP contribution is -2.21. The van der Waals surface area contributed by atoms with Crippen molar-refractivity contribution in [1.29, 1.82) is 0 Å². The summed E-state index contributed by atoms with van der Waals surface area (Å²) in [5.41, 5.74) is 7.29. The zero-order valence-corrected chi connectivity index (χ0v) is 8.85. The van der Waals surface area contributed by atoms with E-state index in [1.165, 1.54) is 0 Å². The average Bonchev–Trinajstić information content (AvgIpc) is 2.29. The molecule has 0 bridgehead atoms. The first-order valence-corrected chi connectivity index (χ1v) is 4.56. The van der Waals surface area contributed by atoms with Crippen molar-refractivity contribution in [3.8, 4) is 0 Å². The molecule has 0 fully saturated rings. The van der Waals surface area contributed by atoms with Crippen molar-refractivity contribution in [3.63, 3.8) is 0 Å². The molecule has 2 aromatic rings. The number of halogens is 3. The Kier molecular flexibility index (Phi) is 4.03. The first-order valence-electron chi connectivity index (χ1n) is 4.56.